The second-order valence-electron chi connectivity index (χ2n) is 5.64. The van der Waals surface area contributed by atoms with Gasteiger partial charge in [-0.15, -0.1) is 6.58 Å². The van der Waals surface area contributed by atoms with E-state index in [9.17, 15) is 4.79 Å². The Hall–Kier alpha value is -0.850. The van der Waals surface area contributed by atoms with Gasteiger partial charge in [0.05, 0.1) is 0 Å². The lowest BCUT2D eigenvalue weighted by Gasteiger charge is -1.99. The first kappa shape index (κ1) is 19.1. The molecule has 0 aromatic rings. The van der Waals surface area contributed by atoms with E-state index in [0.29, 0.717) is 18.6 Å². The van der Waals surface area contributed by atoms with Gasteiger partial charge in [-0.25, -0.2) is 0 Å². The summed E-state index contributed by atoms with van der Waals surface area (Å²) in [6.07, 6.45) is 21.5. The van der Waals surface area contributed by atoms with Crippen molar-refractivity contribution < 1.29 is 4.79 Å². The van der Waals surface area contributed by atoms with Gasteiger partial charge in [-0.2, -0.15) is 0 Å². The highest BCUT2D eigenvalue weighted by atomic mass is 16.1. The van der Waals surface area contributed by atoms with E-state index >= 15 is 0 Å². The number of unbranched alkanes of at least 4 members (excludes halogenated alkanes) is 8. The van der Waals surface area contributed by atoms with Crippen molar-refractivity contribution in [2.75, 3.05) is 0 Å². The second-order valence-corrected chi connectivity index (χ2v) is 5.64. The molecule has 0 spiro atoms. The molecule has 116 valence electrons. The van der Waals surface area contributed by atoms with Gasteiger partial charge in [-0.1, -0.05) is 70.1 Å². The number of hydrogen-bond donors (Lipinski definition) is 0. The molecule has 0 N–H and O–H groups in total. The lowest BCUT2D eigenvalue weighted by Crippen LogP contribution is -1.95. The molecule has 20 heavy (non-hydrogen) atoms. The monoisotopic (exact) mass is 278 g/mol. The van der Waals surface area contributed by atoms with Crippen LogP contribution in [0.5, 0.6) is 0 Å². The summed E-state index contributed by atoms with van der Waals surface area (Å²) in [5.41, 5.74) is 0. The first-order valence-electron chi connectivity index (χ1n) is 8.58. The molecule has 0 amide bonds. The van der Waals surface area contributed by atoms with Gasteiger partial charge >= 0.3 is 0 Å². The lowest BCUT2D eigenvalue weighted by atomic mass is 10.1. The van der Waals surface area contributed by atoms with Gasteiger partial charge < -0.3 is 0 Å². The third-order valence-electron chi connectivity index (χ3n) is 3.61. The van der Waals surface area contributed by atoms with Crippen LogP contribution in [0.4, 0.5) is 0 Å². The van der Waals surface area contributed by atoms with E-state index in [1.54, 1.807) is 0 Å². The molecule has 0 radical (unpaired) electrons. The molecule has 0 aliphatic carbocycles. The molecule has 1 nitrogen and oxygen atoms in total. The molecule has 0 aliphatic rings. The normalized spacial score (nSPS) is 11.1. The summed E-state index contributed by atoms with van der Waals surface area (Å²) in [5, 5.41) is 0. The lowest BCUT2D eigenvalue weighted by molar-refractivity contribution is -0.118. The third kappa shape index (κ3) is 15.2. The number of ketones is 1. The fourth-order valence-corrected chi connectivity index (χ4v) is 2.26. The van der Waals surface area contributed by atoms with Crippen molar-refractivity contribution in [1.29, 1.82) is 0 Å². The van der Waals surface area contributed by atoms with Crippen molar-refractivity contribution in [3.8, 4) is 0 Å². The van der Waals surface area contributed by atoms with Crippen molar-refractivity contribution in [3.05, 3.63) is 24.8 Å². The number of hydrogen-bond acceptors (Lipinski definition) is 1. The summed E-state index contributed by atoms with van der Waals surface area (Å²) < 4.78 is 0. The number of carbonyl (C=O) groups excluding carboxylic acids is 1. The van der Waals surface area contributed by atoms with Crippen LogP contribution in [0, 0.1) is 0 Å². The van der Waals surface area contributed by atoms with Gasteiger partial charge in [-0.3, -0.25) is 4.79 Å². The van der Waals surface area contributed by atoms with E-state index < -0.39 is 0 Å². The Balaban J connectivity index is 3.19. The fourth-order valence-electron chi connectivity index (χ4n) is 2.26. The quantitative estimate of drug-likeness (QED) is 0.250. The highest BCUT2D eigenvalue weighted by molar-refractivity contribution is 5.78. The maximum Gasteiger partial charge on any atom is 0.133 e. The van der Waals surface area contributed by atoms with Crippen LogP contribution in [0.15, 0.2) is 24.8 Å². The van der Waals surface area contributed by atoms with E-state index in [0.717, 1.165) is 12.8 Å². The maximum absolute atomic E-state index is 11.4. The summed E-state index contributed by atoms with van der Waals surface area (Å²) in [4.78, 5) is 11.4. The SMILES string of the molecule is C=CCCC(=O)CCC=CCCCCCCCCCC. The molecule has 0 aliphatic heterocycles. The summed E-state index contributed by atoms with van der Waals surface area (Å²) in [6, 6.07) is 0. The van der Waals surface area contributed by atoms with Gasteiger partial charge in [-0.05, 0) is 25.7 Å². The van der Waals surface area contributed by atoms with E-state index in [4.69, 9.17) is 0 Å². The average molecular weight is 278 g/mol. The Kier molecular flexibility index (Phi) is 15.5. The predicted octanol–water partition coefficient (Wildman–Crippen LogP) is 6.39. The van der Waals surface area contributed by atoms with Crippen molar-refractivity contribution in [1.82, 2.24) is 0 Å². The molecule has 0 heterocycles. The molecule has 0 atom stereocenters. The van der Waals surface area contributed by atoms with Gasteiger partial charge in [0.1, 0.15) is 5.78 Å². The number of Topliss-reactive ketones (excluding diaryl/α,β-unsaturated/α-hetero) is 1. The van der Waals surface area contributed by atoms with Crippen LogP contribution in [0.1, 0.15) is 90.4 Å². The van der Waals surface area contributed by atoms with Crippen molar-refractivity contribution >= 4 is 5.78 Å². The molecule has 0 unspecified atom stereocenters. The van der Waals surface area contributed by atoms with Gasteiger partial charge in [0.15, 0.2) is 0 Å². The number of carbonyl (C=O) groups is 1. The van der Waals surface area contributed by atoms with Crippen molar-refractivity contribution in [2.45, 2.75) is 90.4 Å². The van der Waals surface area contributed by atoms with E-state index in [-0.39, 0.29) is 0 Å². The van der Waals surface area contributed by atoms with Gasteiger partial charge in [0.2, 0.25) is 0 Å². The summed E-state index contributed by atoms with van der Waals surface area (Å²) in [6.45, 7) is 5.90. The summed E-state index contributed by atoms with van der Waals surface area (Å²) in [5.74, 6) is 0.363. The standard InChI is InChI=1S/C19H34O/c1-3-5-7-8-9-10-11-12-13-14-15-16-18-19(20)17-6-4-2/h4,14-15H,2-3,5-13,16-18H2,1H3. The Bertz CT molecular complexity index is 252. The molecular weight excluding hydrogens is 244 g/mol. The number of rotatable bonds is 15. The largest absolute Gasteiger partial charge is 0.300 e. The average Bonchev–Trinajstić information content (AvgIpc) is 2.46. The highest BCUT2D eigenvalue weighted by Crippen LogP contribution is 2.10. The summed E-state index contributed by atoms with van der Waals surface area (Å²) >= 11 is 0. The second kappa shape index (κ2) is 16.2. The van der Waals surface area contributed by atoms with E-state index in [1.807, 2.05) is 6.08 Å². The number of allylic oxidation sites excluding steroid dienone is 3. The van der Waals surface area contributed by atoms with Crippen LogP contribution in [0.25, 0.3) is 0 Å². The molecule has 0 saturated heterocycles. The molecule has 0 saturated carbocycles. The Morgan fingerprint density at radius 1 is 0.800 bits per heavy atom. The van der Waals surface area contributed by atoms with E-state index in [2.05, 4.69) is 25.7 Å². The first-order valence-corrected chi connectivity index (χ1v) is 8.58. The molecule has 0 aromatic carbocycles. The zero-order valence-electron chi connectivity index (χ0n) is 13.5. The van der Waals surface area contributed by atoms with Crippen molar-refractivity contribution in [2.24, 2.45) is 0 Å². The zero-order valence-corrected chi connectivity index (χ0v) is 13.5. The molecule has 0 aromatic heterocycles. The van der Waals surface area contributed by atoms with Crippen LogP contribution < -0.4 is 0 Å². The topological polar surface area (TPSA) is 17.1 Å². The zero-order chi connectivity index (χ0) is 14.9. The molecule has 0 rings (SSSR count). The predicted molar refractivity (Wildman–Crippen MR) is 90.0 cm³/mol. The van der Waals surface area contributed by atoms with Gasteiger partial charge in [0, 0.05) is 12.8 Å². The molecule has 1 heteroatoms. The molecule has 0 fully saturated rings. The highest BCUT2D eigenvalue weighted by Gasteiger charge is 1.97. The molecule has 0 bridgehead atoms. The van der Waals surface area contributed by atoms with Crippen LogP contribution >= 0.6 is 0 Å². The van der Waals surface area contributed by atoms with Crippen LogP contribution in [-0.4, -0.2) is 5.78 Å². The minimum atomic E-state index is 0.363. The fraction of sp³-hybridized carbons (Fsp3) is 0.737. The Morgan fingerprint density at radius 3 is 2.00 bits per heavy atom. The third-order valence-corrected chi connectivity index (χ3v) is 3.61. The van der Waals surface area contributed by atoms with Gasteiger partial charge in [0.25, 0.3) is 0 Å². The minimum absolute atomic E-state index is 0.363. The Labute approximate surface area is 126 Å². The minimum Gasteiger partial charge on any atom is -0.300 e. The smallest absolute Gasteiger partial charge is 0.133 e. The van der Waals surface area contributed by atoms with Crippen LogP contribution in [0.3, 0.4) is 0 Å². The first-order chi connectivity index (χ1) is 9.81. The molecular formula is C19H34O. The van der Waals surface area contributed by atoms with Crippen LogP contribution in [0.2, 0.25) is 0 Å². The summed E-state index contributed by atoms with van der Waals surface area (Å²) in [7, 11) is 0. The van der Waals surface area contributed by atoms with E-state index in [1.165, 1.54) is 57.8 Å². The maximum atomic E-state index is 11.4. The van der Waals surface area contributed by atoms with Crippen molar-refractivity contribution in [3.63, 3.8) is 0 Å². The van der Waals surface area contributed by atoms with Crippen LogP contribution in [-0.2, 0) is 4.79 Å². The Morgan fingerprint density at radius 2 is 1.35 bits per heavy atom.